The van der Waals surface area contributed by atoms with Crippen LogP contribution >= 0.6 is 0 Å². The first-order valence-electron chi connectivity index (χ1n) is 5.55. The molecule has 1 rings (SSSR count). The van der Waals surface area contributed by atoms with E-state index in [1.807, 2.05) is 20.0 Å². The maximum Gasteiger partial charge on any atom is 0.416 e. The Bertz CT molecular complexity index is 374. The summed E-state index contributed by atoms with van der Waals surface area (Å²) in [5.41, 5.74) is 0.112. The predicted molar refractivity (Wildman–Crippen MR) is 64.3 cm³/mol. The van der Waals surface area contributed by atoms with Crippen LogP contribution in [0.15, 0.2) is 24.3 Å². The number of benzene rings is 1. The maximum absolute atomic E-state index is 12.5. The Balaban J connectivity index is 2.86. The quantitative estimate of drug-likeness (QED) is 0.744. The van der Waals surface area contributed by atoms with E-state index in [4.69, 9.17) is 4.43 Å². The standard InChI is InChI=1S/C12H17F3OSi/c1-4-16-17(2,3)9-10-6-5-7-11(8-10)12(13,14)15/h5-8H,4,9H2,1-3H3. The van der Waals surface area contributed by atoms with E-state index in [2.05, 4.69) is 0 Å². The molecule has 0 aliphatic heterocycles. The summed E-state index contributed by atoms with van der Waals surface area (Å²) in [4.78, 5) is 0. The number of hydrogen-bond donors (Lipinski definition) is 0. The van der Waals surface area contributed by atoms with Gasteiger partial charge in [-0.15, -0.1) is 0 Å². The Morgan fingerprint density at radius 3 is 2.41 bits per heavy atom. The van der Waals surface area contributed by atoms with Crippen molar-refractivity contribution in [2.75, 3.05) is 6.61 Å². The lowest BCUT2D eigenvalue weighted by Gasteiger charge is -2.22. The van der Waals surface area contributed by atoms with E-state index in [0.29, 0.717) is 18.2 Å². The van der Waals surface area contributed by atoms with Gasteiger partial charge >= 0.3 is 6.18 Å². The molecular weight excluding hydrogens is 245 g/mol. The average molecular weight is 262 g/mol. The topological polar surface area (TPSA) is 9.23 Å². The second-order valence-corrected chi connectivity index (χ2v) is 8.73. The molecule has 1 aromatic carbocycles. The number of alkyl halides is 3. The van der Waals surface area contributed by atoms with Crippen molar-refractivity contribution in [2.24, 2.45) is 0 Å². The highest BCUT2D eigenvalue weighted by Gasteiger charge is 2.31. The summed E-state index contributed by atoms with van der Waals surface area (Å²) < 4.78 is 43.2. The number of rotatable bonds is 4. The van der Waals surface area contributed by atoms with Gasteiger partial charge in [0.15, 0.2) is 8.32 Å². The molecule has 0 unspecified atom stereocenters. The van der Waals surface area contributed by atoms with Crippen molar-refractivity contribution in [1.82, 2.24) is 0 Å². The van der Waals surface area contributed by atoms with Crippen LogP contribution in [0.3, 0.4) is 0 Å². The van der Waals surface area contributed by atoms with Crippen LogP contribution in [0.4, 0.5) is 13.2 Å². The molecule has 0 saturated heterocycles. The van der Waals surface area contributed by atoms with Crippen molar-refractivity contribution >= 4 is 8.32 Å². The minimum atomic E-state index is -4.27. The summed E-state index contributed by atoms with van der Waals surface area (Å²) in [6.07, 6.45) is -4.27. The average Bonchev–Trinajstić information content (AvgIpc) is 2.15. The number of hydrogen-bond acceptors (Lipinski definition) is 1. The van der Waals surface area contributed by atoms with Gasteiger partial charge in [-0.2, -0.15) is 13.2 Å². The van der Waals surface area contributed by atoms with E-state index in [-0.39, 0.29) is 0 Å². The fraction of sp³-hybridized carbons (Fsp3) is 0.500. The van der Waals surface area contributed by atoms with Crippen molar-refractivity contribution in [1.29, 1.82) is 0 Å². The third kappa shape index (κ3) is 4.51. The van der Waals surface area contributed by atoms with Crippen LogP contribution in [-0.4, -0.2) is 14.9 Å². The molecule has 1 aromatic rings. The van der Waals surface area contributed by atoms with Gasteiger partial charge in [0.2, 0.25) is 0 Å². The van der Waals surface area contributed by atoms with E-state index in [1.54, 1.807) is 6.07 Å². The monoisotopic (exact) mass is 262 g/mol. The predicted octanol–water partition coefficient (Wildman–Crippen LogP) is 4.03. The summed E-state index contributed by atoms with van der Waals surface area (Å²) in [5.74, 6) is 0. The minimum absolute atomic E-state index is 0.587. The summed E-state index contributed by atoms with van der Waals surface area (Å²) in [7, 11) is -1.89. The molecule has 0 atom stereocenters. The zero-order chi connectivity index (χ0) is 13.1. The molecule has 0 spiro atoms. The van der Waals surface area contributed by atoms with Gasteiger partial charge in [0, 0.05) is 6.61 Å². The molecule has 5 heteroatoms. The van der Waals surface area contributed by atoms with E-state index >= 15 is 0 Å². The largest absolute Gasteiger partial charge is 0.417 e. The zero-order valence-corrected chi connectivity index (χ0v) is 11.3. The summed E-state index contributed by atoms with van der Waals surface area (Å²) in [6, 6.07) is 6.09. The number of halogens is 3. The highest BCUT2D eigenvalue weighted by molar-refractivity contribution is 6.70. The molecule has 17 heavy (non-hydrogen) atoms. The lowest BCUT2D eigenvalue weighted by Crippen LogP contribution is -2.33. The van der Waals surface area contributed by atoms with Crippen LogP contribution in [0.2, 0.25) is 13.1 Å². The molecule has 0 aliphatic rings. The summed E-state index contributed by atoms with van der Waals surface area (Å²) >= 11 is 0. The molecule has 0 fully saturated rings. The molecule has 0 aliphatic carbocycles. The van der Waals surface area contributed by atoms with Gasteiger partial charge in [-0.25, -0.2) is 0 Å². The third-order valence-electron chi connectivity index (χ3n) is 2.42. The van der Waals surface area contributed by atoms with Crippen LogP contribution in [0, 0.1) is 0 Å². The van der Waals surface area contributed by atoms with E-state index in [1.165, 1.54) is 12.1 Å². The van der Waals surface area contributed by atoms with Crippen LogP contribution < -0.4 is 0 Å². The fourth-order valence-corrected chi connectivity index (χ4v) is 3.88. The van der Waals surface area contributed by atoms with Gasteiger partial charge in [-0.05, 0) is 37.7 Å². The molecule has 0 bridgehead atoms. The van der Waals surface area contributed by atoms with Gasteiger partial charge in [0.05, 0.1) is 5.56 Å². The smallest absolute Gasteiger partial charge is 0.416 e. The molecule has 1 nitrogen and oxygen atoms in total. The zero-order valence-electron chi connectivity index (χ0n) is 10.3. The van der Waals surface area contributed by atoms with Crippen LogP contribution in [0.1, 0.15) is 18.1 Å². The fourth-order valence-electron chi connectivity index (χ4n) is 1.79. The van der Waals surface area contributed by atoms with Crippen molar-refractivity contribution in [3.63, 3.8) is 0 Å². The van der Waals surface area contributed by atoms with Gasteiger partial charge < -0.3 is 4.43 Å². The normalized spacial score (nSPS) is 12.8. The molecule has 0 aromatic heterocycles. The van der Waals surface area contributed by atoms with Crippen molar-refractivity contribution in [3.8, 4) is 0 Å². The van der Waals surface area contributed by atoms with Crippen molar-refractivity contribution in [2.45, 2.75) is 32.2 Å². The Kier molecular flexibility index (Phi) is 4.38. The van der Waals surface area contributed by atoms with Gasteiger partial charge in [-0.3, -0.25) is 0 Å². The molecule has 0 saturated carbocycles. The van der Waals surface area contributed by atoms with E-state index in [0.717, 1.165) is 6.07 Å². The van der Waals surface area contributed by atoms with Crippen molar-refractivity contribution in [3.05, 3.63) is 35.4 Å². The first-order valence-corrected chi connectivity index (χ1v) is 8.66. The lowest BCUT2D eigenvalue weighted by atomic mass is 10.1. The second-order valence-electron chi connectivity index (χ2n) is 4.57. The molecule has 0 radical (unpaired) electrons. The first-order chi connectivity index (χ1) is 7.74. The SMILES string of the molecule is CCO[Si](C)(C)Cc1cccc(C(F)(F)F)c1. The Hall–Kier alpha value is -0.813. The van der Waals surface area contributed by atoms with E-state index < -0.39 is 20.1 Å². The Morgan fingerprint density at radius 1 is 1.24 bits per heavy atom. The first kappa shape index (κ1) is 14.2. The minimum Gasteiger partial charge on any atom is -0.417 e. The van der Waals surface area contributed by atoms with Crippen LogP contribution in [0.5, 0.6) is 0 Å². The highest BCUT2D eigenvalue weighted by atomic mass is 28.4. The van der Waals surface area contributed by atoms with E-state index in [9.17, 15) is 13.2 Å². The molecular formula is C12H17F3OSi. The molecule has 0 heterocycles. The van der Waals surface area contributed by atoms with Gasteiger partial charge in [-0.1, -0.05) is 18.2 Å². The van der Waals surface area contributed by atoms with Crippen LogP contribution in [-0.2, 0) is 16.6 Å². The van der Waals surface area contributed by atoms with Crippen molar-refractivity contribution < 1.29 is 17.6 Å². The highest BCUT2D eigenvalue weighted by Crippen LogP contribution is 2.30. The molecule has 0 amide bonds. The molecule has 0 N–H and O–H groups in total. The Morgan fingerprint density at radius 2 is 1.88 bits per heavy atom. The van der Waals surface area contributed by atoms with Gasteiger partial charge in [0.1, 0.15) is 0 Å². The van der Waals surface area contributed by atoms with Gasteiger partial charge in [0.25, 0.3) is 0 Å². The maximum atomic E-state index is 12.5. The Labute approximate surface area is 101 Å². The van der Waals surface area contributed by atoms with Crippen LogP contribution in [0.25, 0.3) is 0 Å². The second kappa shape index (κ2) is 5.22. The summed E-state index contributed by atoms with van der Waals surface area (Å²) in [5, 5.41) is 0. The summed E-state index contributed by atoms with van der Waals surface area (Å²) in [6.45, 7) is 6.53. The third-order valence-corrected chi connectivity index (χ3v) is 4.75. The lowest BCUT2D eigenvalue weighted by molar-refractivity contribution is -0.137. The molecule has 96 valence electrons.